The summed E-state index contributed by atoms with van der Waals surface area (Å²) < 4.78 is 56.2. The first-order valence-corrected chi connectivity index (χ1v) is 8.48. The van der Waals surface area contributed by atoms with E-state index in [9.17, 15) is 27.5 Å². The highest BCUT2D eigenvalue weighted by Crippen LogP contribution is 2.27. The molecule has 0 unspecified atom stereocenters. The van der Waals surface area contributed by atoms with Gasteiger partial charge in [0.1, 0.15) is 11.6 Å². The van der Waals surface area contributed by atoms with Crippen molar-refractivity contribution < 1.29 is 32.2 Å². The predicted molar refractivity (Wildman–Crippen MR) is 97.4 cm³/mol. The number of alkyl halides is 3. The predicted octanol–water partition coefficient (Wildman–Crippen LogP) is 5.12. The Morgan fingerprint density at radius 3 is 2.48 bits per heavy atom. The second-order valence-corrected chi connectivity index (χ2v) is 6.22. The Labute approximate surface area is 163 Å². The van der Waals surface area contributed by atoms with Crippen LogP contribution >= 0.6 is 0 Å². The van der Waals surface area contributed by atoms with E-state index >= 15 is 0 Å². The minimum Gasteiger partial charge on any atom is -0.484 e. The van der Waals surface area contributed by atoms with Crippen molar-refractivity contribution in [3.8, 4) is 16.9 Å². The van der Waals surface area contributed by atoms with Crippen LogP contribution in [-0.2, 0) is 6.42 Å². The van der Waals surface area contributed by atoms with Gasteiger partial charge in [-0.3, -0.25) is 4.98 Å². The van der Waals surface area contributed by atoms with Crippen molar-refractivity contribution in [2.45, 2.75) is 12.6 Å². The molecule has 0 aliphatic rings. The Bertz CT molecular complexity index is 1030. The molecule has 1 aromatic heterocycles. The first kappa shape index (κ1) is 20.3. The standard InChI is InChI=1S/C21H15F4NO3/c22-18-10-14(13-3-1-4-16(9-13)29-12-21(23,24)25)6-7-15(18)11-19-17(20(27)28)5-2-8-26-19/h1-10H,11-12H2,(H,27,28). The summed E-state index contributed by atoms with van der Waals surface area (Å²) in [6, 6.07) is 13.1. The normalized spacial score (nSPS) is 11.3. The molecule has 0 spiro atoms. The van der Waals surface area contributed by atoms with Gasteiger partial charge in [-0.05, 0) is 47.0 Å². The van der Waals surface area contributed by atoms with Crippen molar-refractivity contribution in [2.75, 3.05) is 6.61 Å². The van der Waals surface area contributed by atoms with E-state index in [1.165, 1.54) is 48.7 Å². The number of halogens is 4. The molecule has 0 radical (unpaired) electrons. The molecule has 0 aliphatic heterocycles. The fourth-order valence-electron chi connectivity index (χ4n) is 2.75. The summed E-state index contributed by atoms with van der Waals surface area (Å²) in [4.78, 5) is 15.3. The highest BCUT2D eigenvalue weighted by molar-refractivity contribution is 5.88. The number of carbonyl (C=O) groups is 1. The van der Waals surface area contributed by atoms with Crippen LogP contribution in [0.4, 0.5) is 17.6 Å². The van der Waals surface area contributed by atoms with E-state index in [4.69, 9.17) is 4.74 Å². The number of rotatable bonds is 6. The lowest BCUT2D eigenvalue weighted by molar-refractivity contribution is -0.153. The molecule has 0 aliphatic carbocycles. The molecule has 0 fully saturated rings. The summed E-state index contributed by atoms with van der Waals surface area (Å²) in [5, 5.41) is 9.21. The monoisotopic (exact) mass is 405 g/mol. The van der Waals surface area contributed by atoms with Crippen LogP contribution in [0.5, 0.6) is 5.75 Å². The van der Waals surface area contributed by atoms with E-state index in [1.54, 1.807) is 12.1 Å². The number of hydrogen-bond donors (Lipinski definition) is 1. The number of aromatic nitrogens is 1. The molecule has 2 aromatic carbocycles. The van der Waals surface area contributed by atoms with Gasteiger partial charge in [-0.25, -0.2) is 9.18 Å². The molecular formula is C21H15F4NO3. The quantitative estimate of drug-likeness (QED) is 0.579. The van der Waals surface area contributed by atoms with Crippen molar-refractivity contribution in [3.63, 3.8) is 0 Å². The smallest absolute Gasteiger partial charge is 0.422 e. The van der Waals surface area contributed by atoms with Crippen LogP contribution < -0.4 is 4.74 Å². The second kappa shape index (κ2) is 8.30. The Hall–Kier alpha value is -3.42. The minimum absolute atomic E-state index is 0.00880. The van der Waals surface area contributed by atoms with Crippen LogP contribution in [-0.4, -0.2) is 28.8 Å². The maximum atomic E-state index is 14.6. The minimum atomic E-state index is -4.45. The van der Waals surface area contributed by atoms with E-state index in [-0.39, 0.29) is 29.0 Å². The number of hydrogen-bond acceptors (Lipinski definition) is 3. The fraction of sp³-hybridized carbons (Fsp3) is 0.143. The third kappa shape index (κ3) is 5.31. The molecule has 0 saturated heterocycles. The number of aromatic carboxylic acids is 1. The van der Waals surface area contributed by atoms with E-state index in [2.05, 4.69) is 4.98 Å². The van der Waals surface area contributed by atoms with Gasteiger partial charge in [0.25, 0.3) is 0 Å². The molecule has 0 amide bonds. The highest BCUT2D eigenvalue weighted by Gasteiger charge is 2.28. The number of pyridine rings is 1. The zero-order valence-corrected chi connectivity index (χ0v) is 14.9. The lowest BCUT2D eigenvalue weighted by atomic mass is 10.00. The maximum absolute atomic E-state index is 14.6. The Morgan fingerprint density at radius 1 is 1.03 bits per heavy atom. The number of carboxylic acids is 1. The van der Waals surface area contributed by atoms with Crippen LogP contribution in [0.25, 0.3) is 11.1 Å². The molecule has 1 N–H and O–H groups in total. The number of benzene rings is 2. The lowest BCUT2D eigenvalue weighted by Gasteiger charge is -2.11. The summed E-state index contributed by atoms with van der Waals surface area (Å²) in [7, 11) is 0. The Morgan fingerprint density at radius 2 is 1.79 bits per heavy atom. The summed E-state index contributed by atoms with van der Waals surface area (Å²) in [5.41, 5.74) is 1.40. The van der Waals surface area contributed by atoms with Gasteiger partial charge in [0.15, 0.2) is 6.61 Å². The molecule has 3 rings (SSSR count). The van der Waals surface area contributed by atoms with Gasteiger partial charge in [0.2, 0.25) is 0 Å². The van der Waals surface area contributed by atoms with Crippen molar-refractivity contribution in [3.05, 3.63) is 83.4 Å². The number of ether oxygens (including phenoxy) is 1. The number of carboxylic acid groups (broad SMARTS) is 1. The Kier molecular flexibility index (Phi) is 5.81. The molecule has 29 heavy (non-hydrogen) atoms. The van der Waals surface area contributed by atoms with Crippen LogP contribution in [0.1, 0.15) is 21.6 Å². The average molecular weight is 405 g/mol. The molecule has 150 valence electrons. The van der Waals surface area contributed by atoms with E-state index in [0.717, 1.165) is 0 Å². The largest absolute Gasteiger partial charge is 0.484 e. The summed E-state index contributed by atoms with van der Waals surface area (Å²) in [6.45, 7) is -1.42. The van der Waals surface area contributed by atoms with Gasteiger partial charge in [0.05, 0.1) is 11.3 Å². The van der Waals surface area contributed by atoms with E-state index in [1.807, 2.05) is 0 Å². The van der Waals surface area contributed by atoms with Crippen LogP contribution in [0.3, 0.4) is 0 Å². The van der Waals surface area contributed by atoms with Crippen molar-refractivity contribution in [1.29, 1.82) is 0 Å². The van der Waals surface area contributed by atoms with Crippen LogP contribution in [0.15, 0.2) is 60.8 Å². The highest BCUT2D eigenvalue weighted by atomic mass is 19.4. The summed E-state index contributed by atoms with van der Waals surface area (Å²) in [6.07, 6.45) is -3.03. The summed E-state index contributed by atoms with van der Waals surface area (Å²) >= 11 is 0. The van der Waals surface area contributed by atoms with Gasteiger partial charge in [0, 0.05) is 12.6 Å². The van der Waals surface area contributed by atoms with Crippen molar-refractivity contribution in [1.82, 2.24) is 4.98 Å². The maximum Gasteiger partial charge on any atom is 0.422 e. The molecule has 0 bridgehead atoms. The topological polar surface area (TPSA) is 59.4 Å². The zero-order chi connectivity index (χ0) is 21.0. The van der Waals surface area contributed by atoms with E-state index < -0.39 is 24.6 Å². The first-order valence-electron chi connectivity index (χ1n) is 8.48. The molecular weight excluding hydrogens is 390 g/mol. The second-order valence-electron chi connectivity index (χ2n) is 6.22. The molecule has 4 nitrogen and oxygen atoms in total. The third-order valence-electron chi connectivity index (χ3n) is 4.10. The number of nitrogens with zero attached hydrogens (tertiary/aromatic N) is 1. The summed E-state index contributed by atoms with van der Waals surface area (Å²) in [5.74, 6) is -1.71. The van der Waals surface area contributed by atoms with Gasteiger partial charge in [-0.1, -0.05) is 24.3 Å². The third-order valence-corrected chi connectivity index (χ3v) is 4.10. The average Bonchev–Trinajstić information content (AvgIpc) is 2.68. The molecule has 3 aromatic rings. The fourth-order valence-corrected chi connectivity index (χ4v) is 2.75. The molecule has 0 saturated carbocycles. The van der Waals surface area contributed by atoms with Crippen LogP contribution in [0, 0.1) is 5.82 Å². The SMILES string of the molecule is O=C(O)c1cccnc1Cc1ccc(-c2cccc(OCC(F)(F)F)c2)cc1F. The van der Waals surface area contributed by atoms with Gasteiger partial charge < -0.3 is 9.84 Å². The molecule has 1 heterocycles. The first-order chi connectivity index (χ1) is 13.7. The van der Waals surface area contributed by atoms with Gasteiger partial charge in [-0.2, -0.15) is 13.2 Å². The van der Waals surface area contributed by atoms with Gasteiger partial charge in [-0.15, -0.1) is 0 Å². The van der Waals surface area contributed by atoms with Crippen molar-refractivity contribution >= 4 is 5.97 Å². The van der Waals surface area contributed by atoms with Crippen LogP contribution in [0.2, 0.25) is 0 Å². The van der Waals surface area contributed by atoms with E-state index in [0.29, 0.717) is 11.1 Å². The molecule has 8 heteroatoms. The zero-order valence-electron chi connectivity index (χ0n) is 14.9. The van der Waals surface area contributed by atoms with Gasteiger partial charge >= 0.3 is 12.1 Å². The molecule has 0 atom stereocenters. The lowest BCUT2D eigenvalue weighted by Crippen LogP contribution is -2.19. The Balaban J connectivity index is 1.83. The van der Waals surface area contributed by atoms with Crippen molar-refractivity contribution in [2.24, 2.45) is 0 Å².